The predicted molar refractivity (Wildman–Crippen MR) is 60.0 cm³/mol. The monoisotopic (exact) mass is 220 g/mol. The lowest BCUT2D eigenvalue weighted by Gasteiger charge is -2.34. The summed E-state index contributed by atoms with van der Waals surface area (Å²) >= 11 is 0. The summed E-state index contributed by atoms with van der Waals surface area (Å²) in [5.74, 6) is -0.911. The first-order chi connectivity index (χ1) is 7.66. The number of hydrogen-bond acceptors (Lipinski definition) is 3. The van der Waals surface area contributed by atoms with Gasteiger partial charge in [-0.15, -0.1) is 0 Å². The van der Waals surface area contributed by atoms with Crippen LogP contribution in [0.25, 0.3) is 0 Å². The second-order valence-corrected chi connectivity index (χ2v) is 4.28. The first kappa shape index (κ1) is 11.1. The zero-order valence-electron chi connectivity index (χ0n) is 9.31. The molecule has 16 heavy (non-hydrogen) atoms. The topological polar surface area (TPSA) is 62.2 Å². The van der Waals surface area contributed by atoms with Crippen LogP contribution in [0.15, 0.2) is 18.2 Å². The lowest BCUT2D eigenvalue weighted by Crippen LogP contribution is -2.47. The van der Waals surface area contributed by atoms with Gasteiger partial charge in [0.25, 0.3) is 0 Å². The summed E-state index contributed by atoms with van der Waals surface area (Å²) in [6.07, 6.45) is 1.73. The van der Waals surface area contributed by atoms with E-state index in [1.54, 1.807) is 0 Å². The molecule has 2 atom stereocenters. The van der Waals surface area contributed by atoms with Gasteiger partial charge in [0.1, 0.15) is 0 Å². The van der Waals surface area contributed by atoms with Crippen molar-refractivity contribution in [1.29, 1.82) is 0 Å². The number of nitrogens with one attached hydrogen (secondary N) is 1. The van der Waals surface area contributed by atoms with E-state index in [-0.39, 0.29) is 12.0 Å². The average Bonchev–Trinajstić information content (AvgIpc) is 2.15. The molecule has 0 aromatic carbocycles. The number of carboxylic acid groups (broad SMARTS) is 1. The van der Waals surface area contributed by atoms with E-state index in [4.69, 9.17) is 5.11 Å². The zero-order valence-corrected chi connectivity index (χ0v) is 9.31. The maximum Gasteiger partial charge on any atom is 0.308 e. The van der Waals surface area contributed by atoms with Crippen molar-refractivity contribution in [2.45, 2.75) is 32.4 Å². The molecule has 2 rings (SSSR count). The van der Waals surface area contributed by atoms with E-state index < -0.39 is 5.97 Å². The smallest absolute Gasteiger partial charge is 0.308 e. The second kappa shape index (κ2) is 4.61. The maximum atomic E-state index is 10.8. The summed E-state index contributed by atoms with van der Waals surface area (Å²) in [4.78, 5) is 15.2. The van der Waals surface area contributed by atoms with Crippen LogP contribution in [0.4, 0.5) is 0 Å². The van der Waals surface area contributed by atoms with E-state index >= 15 is 0 Å². The van der Waals surface area contributed by atoms with Crippen LogP contribution in [0.3, 0.4) is 0 Å². The van der Waals surface area contributed by atoms with Crippen molar-refractivity contribution in [3.63, 3.8) is 0 Å². The van der Waals surface area contributed by atoms with Gasteiger partial charge in [0, 0.05) is 18.3 Å². The Labute approximate surface area is 94.7 Å². The van der Waals surface area contributed by atoms with E-state index in [1.807, 2.05) is 25.1 Å². The third-order valence-corrected chi connectivity index (χ3v) is 3.08. The summed E-state index contributed by atoms with van der Waals surface area (Å²) in [6.45, 7) is 2.60. The minimum absolute atomic E-state index is 0.111. The maximum absolute atomic E-state index is 10.8. The van der Waals surface area contributed by atoms with E-state index in [0.717, 1.165) is 24.2 Å². The van der Waals surface area contributed by atoms with Crippen molar-refractivity contribution in [3.8, 4) is 0 Å². The minimum Gasteiger partial charge on any atom is -0.481 e. The summed E-state index contributed by atoms with van der Waals surface area (Å²) in [7, 11) is 0. The standard InChI is InChI=1S/C12H16N2O2/c1-8-3-2-4-9(14-8)7-13-11-6-5-10(11)12(15)16/h2-4,10-11,13H,5-7H2,1H3,(H,15,16). The normalized spacial score (nSPS) is 23.8. The van der Waals surface area contributed by atoms with Crippen molar-refractivity contribution in [2.75, 3.05) is 0 Å². The Morgan fingerprint density at radius 1 is 1.56 bits per heavy atom. The van der Waals surface area contributed by atoms with Crippen LogP contribution < -0.4 is 5.32 Å². The molecule has 4 nitrogen and oxygen atoms in total. The number of carboxylic acids is 1. The fraction of sp³-hybridized carbons (Fsp3) is 0.500. The molecule has 0 saturated heterocycles. The van der Waals surface area contributed by atoms with Gasteiger partial charge in [0.15, 0.2) is 0 Å². The van der Waals surface area contributed by atoms with Gasteiger partial charge < -0.3 is 10.4 Å². The highest BCUT2D eigenvalue weighted by molar-refractivity contribution is 5.72. The summed E-state index contributed by atoms with van der Waals surface area (Å²) in [5, 5.41) is 12.1. The fourth-order valence-corrected chi connectivity index (χ4v) is 1.97. The number of pyridine rings is 1. The number of aliphatic carboxylic acids is 1. The molecular formula is C12H16N2O2. The second-order valence-electron chi connectivity index (χ2n) is 4.28. The van der Waals surface area contributed by atoms with Gasteiger partial charge in [-0.2, -0.15) is 0 Å². The molecule has 1 aliphatic rings. The predicted octanol–water partition coefficient (Wildman–Crippen LogP) is 1.34. The van der Waals surface area contributed by atoms with Crippen LogP contribution in [0.1, 0.15) is 24.2 Å². The summed E-state index contributed by atoms with van der Waals surface area (Å²) in [5.41, 5.74) is 1.96. The van der Waals surface area contributed by atoms with Gasteiger partial charge in [-0.25, -0.2) is 0 Å². The van der Waals surface area contributed by atoms with Gasteiger partial charge in [-0.05, 0) is 31.9 Å². The minimum atomic E-state index is -0.694. The van der Waals surface area contributed by atoms with Gasteiger partial charge in [-0.3, -0.25) is 9.78 Å². The molecule has 0 spiro atoms. The molecule has 0 radical (unpaired) electrons. The Morgan fingerprint density at radius 2 is 2.38 bits per heavy atom. The van der Waals surface area contributed by atoms with E-state index in [0.29, 0.717) is 6.54 Å². The molecule has 2 N–H and O–H groups in total. The number of aryl methyl sites for hydroxylation is 1. The highest BCUT2D eigenvalue weighted by Gasteiger charge is 2.35. The molecular weight excluding hydrogens is 204 g/mol. The Bertz CT molecular complexity index is 392. The average molecular weight is 220 g/mol. The molecule has 1 aliphatic carbocycles. The Kier molecular flexibility index (Phi) is 3.19. The third-order valence-electron chi connectivity index (χ3n) is 3.08. The lowest BCUT2D eigenvalue weighted by molar-refractivity contribution is -0.146. The van der Waals surface area contributed by atoms with Crippen molar-refractivity contribution in [1.82, 2.24) is 10.3 Å². The zero-order chi connectivity index (χ0) is 11.5. The Hall–Kier alpha value is -1.42. The number of aromatic nitrogens is 1. The van der Waals surface area contributed by atoms with Crippen LogP contribution >= 0.6 is 0 Å². The molecule has 2 unspecified atom stereocenters. The van der Waals surface area contributed by atoms with Gasteiger partial charge in [0.05, 0.1) is 11.6 Å². The quantitative estimate of drug-likeness (QED) is 0.804. The highest BCUT2D eigenvalue weighted by atomic mass is 16.4. The molecule has 1 heterocycles. The van der Waals surface area contributed by atoms with Crippen molar-refractivity contribution >= 4 is 5.97 Å². The van der Waals surface area contributed by atoms with E-state index in [9.17, 15) is 4.79 Å². The number of rotatable bonds is 4. The van der Waals surface area contributed by atoms with Crippen LogP contribution in [0.2, 0.25) is 0 Å². The Morgan fingerprint density at radius 3 is 2.94 bits per heavy atom. The molecule has 4 heteroatoms. The van der Waals surface area contributed by atoms with Gasteiger partial charge in [0.2, 0.25) is 0 Å². The molecule has 1 saturated carbocycles. The van der Waals surface area contributed by atoms with Crippen LogP contribution in [0.5, 0.6) is 0 Å². The molecule has 0 amide bonds. The number of hydrogen-bond donors (Lipinski definition) is 2. The van der Waals surface area contributed by atoms with Crippen LogP contribution in [0, 0.1) is 12.8 Å². The van der Waals surface area contributed by atoms with Crippen LogP contribution in [-0.4, -0.2) is 22.1 Å². The number of nitrogens with zero attached hydrogens (tertiary/aromatic N) is 1. The molecule has 1 fully saturated rings. The molecule has 86 valence electrons. The first-order valence-corrected chi connectivity index (χ1v) is 5.55. The van der Waals surface area contributed by atoms with Crippen LogP contribution in [-0.2, 0) is 11.3 Å². The SMILES string of the molecule is Cc1cccc(CNC2CCC2C(=O)O)n1. The van der Waals surface area contributed by atoms with Crippen molar-refractivity contribution in [2.24, 2.45) is 5.92 Å². The fourth-order valence-electron chi connectivity index (χ4n) is 1.97. The van der Waals surface area contributed by atoms with E-state index in [2.05, 4.69) is 10.3 Å². The Balaban J connectivity index is 1.86. The highest BCUT2D eigenvalue weighted by Crippen LogP contribution is 2.27. The summed E-state index contributed by atoms with van der Waals surface area (Å²) < 4.78 is 0. The molecule has 0 bridgehead atoms. The number of carbonyl (C=O) groups is 1. The largest absolute Gasteiger partial charge is 0.481 e. The van der Waals surface area contributed by atoms with E-state index in [1.165, 1.54) is 0 Å². The summed E-state index contributed by atoms with van der Waals surface area (Å²) in [6, 6.07) is 5.98. The van der Waals surface area contributed by atoms with Crippen molar-refractivity contribution in [3.05, 3.63) is 29.6 Å². The molecule has 0 aliphatic heterocycles. The first-order valence-electron chi connectivity index (χ1n) is 5.55. The van der Waals surface area contributed by atoms with Gasteiger partial charge >= 0.3 is 5.97 Å². The van der Waals surface area contributed by atoms with Crippen molar-refractivity contribution < 1.29 is 9.90 Å². The lowest BCUT2D eigenvalue weighted by atomic mass is 9.79. The third kappa shape index (κ3) is 2.39. The van der Waals surface area contributed by atoms with Gasteiger partial charge in [-0.1, -0.05) is 6.07 Å². The molecule has 1 aromatic rings. The molecule has 1 aromatic heterocycles.